The van der Waals surface area contributed by atoms with Crippen LogP contribution in [0, 0.1) is 0 Å². The molecule has 1 unspecified atom stereocenters. The lowest BCUT2D eigenvalue weighted by molar-refractivity contribution is -0.116. The van der Waals surface area contributed by atoms with Gasteiger partial charge in [0.15, 0.2) is 18.8 Å². The Hall–Kier alpha value is -1.16. The quantitative estimate of drug-likeness (QED) is 0.577. The van der Waals surface area contributed by atoms with Gasteiger partial charge in [0.2, 0.25) is 0 Å². The monoisotopic (exact) mass is 141 g/mol. The van der Waals surface area contributed by atoms with Crippen molar-refractivity contribution in [1.29, 1.82) is 0 Å². The van der Waals surface area contributed by atoms with E-state index in [2.05, 4.69) is 9.40 Å². The molecule has 1 atom stereocenters. The summed E-state index contributed by atoms with van der Waals surface area (Å²) in [6, 6.07) is 0. The molecule has 0 radical (unpaired) electrons. The number of aromatic nitrogens is 1. The number of hydrogen-bond donors (Lipinski definition) is 0. The fourth-order valence-electron chi connectivity index (χ4n) is 0.608. The van der Waals surface area contributed by atoms with Gasteiger partial charge in [0, 0.05) is 7.11 Å². The van der Waals surface area contributed by atoms with Crippen molar-refractivity contribution < 1.29 is 13.9 Å². The van der Waals surface area contributed by atoms with E-state index in [-0.39, 0.29) is 0 Å². The molecule has 0 bridgehead atoms. The Balaban J connectivity index is 2.73. The molecule has 0 spiro atoms. The normalized spacial score (nSPS) is 12.9. The van der Waals surface area contributed by atoms with Crippen molar-refractivity contribution in [3.63, 3.8) is 0 Å². The Bertz CT molecular complexity index is 195. The Morgan fingerprint density at radius 2 is 2.70 bits per heavy atom. The van der Waals surface area contributed by atoms with Gasteiger partial charge in [-0.25, -0.2) is 4.98 Å². The SMILES string of the molecule is COC(C=O)c1cocn1. The van der Waals surface area contributed by atoms with Crippen LogP contribution in [0.4, 0.5) is 0 Å². The molecule has 54 valence electrons. The van der Waals surface area contributed by atoms with Crippen LogP contribution in [0.3, 0.4) is 0 Å². The Morgan fingerprint density at radius 3 is 3.10 bits per heavy atom. The van der Waals surface area contributed by atoms with Gasteiger partial charge in [-0.3, -0.25) is 4.79 Å². The number of carbonyl (C=O) groups is 1. The molecule has 4 nitrogen and oxygen atoms in total. The molecule has 0 N–H and O–H groups in total. The molecule has 1 rings (SSSR count). The van der Waals surface area contributed by atoms with Crippen LogP contribution in [0.5, 0.6) is 0 Å². The maximum absolute atomic E-state index is 10.2. The van der Waals surface area contributed by atoms with Crippen LogP contribution in [-0.2, 0) is 9.53 Å². The molecule has 0 aliphatic heterocycles. The summed E-state index contributed by atoms with van der Waals surface area (Å²) < 4.78 is 9.40. The summed E-state index contributed by atoms with van der Waals surface area (Å²) in [4.78, 5) is 14.0. The van der Waals surface area contributed by atoms with Crippen LogP contribution in [0.1, 0.15) is 11.8 Å². The molecule has 0 fully saturated rings. The van der Waals surface area contributed by atoms with Crippen molar-refractivity contribution in [3.05, 3.63) is 18.4 Å². The van der Waals surface area contributed by atoms with Crippen LogP contribution < -0.4 is 0 Å². The molecule has 10 heavy (non-hydrogen) atoms. The van der Waals surface area contributed by atoms with Crippen LogP contribution in [0.2, 0.25) is 0 Å². The molecule has 0 saturated carbocycles. The van der Waals surface area contributed by atoms with Crippen molar-refractivity contribution >= 4 is 6.29 Å². The first-order valence-corrected chi connectivity index (χ1v) is 2.74. The van der Waals surface area contributed by atoms with Gasteiger partial charge in [0.25, 0.3) is 0 Å². The standard InChI is InChI=1S/C6H7NO3/c1-9-6(2-8)5-3-10-4-7-5/h2-4,6H,1H3. The van der Waals surface area contributed by atoms with E-state index in [0.717, 1.165) is 0 Å². The molecule has 0 saturated heterocycles. The van der Waals surface area contributed by atoms with Crippen molar-refractivity contribution in [3.8, 4) is 0 Å². The summed E-state index contributed by atoms with van der Waals surface area (Å²) in [7, 11) is 1.44. The van der Waals surface area contributed by atoms with Crippen LogP contribution in [0.25, 0.3) is 0 Å². The van der Waals surface area contributed by atoms with Crippen molar-refractivity contribution in [2.75, 3.05) is 7.11 Å². The summed E-state index contributed by atoms with van der Waals surface area (Å²) in [5.74, 6) is 0. The highest BCUT2D eigenvalue weighted by molar-refractivity contribution is 5.58. The minimum Gasteiger partial charge on any atom is -0.451 e. The summed E-state index contributed by atoms with van der Waals surface area (Å²) in [5.41, 5.74) is 0.498. The topological polar surface area (TPSA) is 52.3 Å². The van der Waals surface area contributed by atoms with Gasteiger partial charge in [-0.15, -0.1) is 0 Å². The average Bonchev–Trinajstić information content (AvgIpc) is 2.43. The Labute approximate surface area is 57.8 Å². The van der Waals surface area contributed by atoms with Crippen molar-refractivity contribution in [2.45, 2.75) is 6.10 Å². The Morgan fingerprint density at radius 1 is 1.90 bits per heavy atom. The predicted octanol–water partition coefficient (Wildman–Crippen LogP) is 0.561. The third kappa shape index (κ3) is 1.22. The van der Waals surface area contributed by atoms with E-state index in [9.17, 15) is 4.79 Å². The molecule has 0 amide bonds. The van der Waals surface area contributed by atoms with Crippen molar-refractivity contribution in [2.24, 2.45) is 0 Å². The first-order valence-electron chi connectivity index (χ1n) is 2.74. The third-order valence-corrected chi connectivity index (χ3v) is 1.12. The zero-order valence-corrected chi connectivity index (χ0v) is 5.48. The first kappa shape index (κ1) is 6.95. The van der Waals surface area contributed by atoms with E-state index < -0.39 is 6.10 Å². The number of oxazole rings is 1. The van der Waals surface area contributed by atoms with Crippen LogP contribution >= 0.6 is 0 Å². The number of hydrogen-bond acceptors (Lipinski definition) is 4. The van der Waals surface area contributed by atoms with E-state index in [1.807, 2.05) is 0 Å². The van der Waals surface area contributed by atoms with E-state index in [4.69, 9.17) is 4.74 Å². The predicted molar refractivity (Wildman–Crippen MR) is 32.3 cm³/mol. The summed E-state index contributed by atoms with van der Waals surface area (Å²) in [5, 5.41) is 0. The van der Waals surface area contributed by atoms with Crippen molar-refractivity contribution in [1.82, 2.24) is 4.98 Å². The number of methoxy groups -OCH3 is 1. The maximum Gasteiger partial charge on any atom is 0.180 e. The minimum atomic E-state index is -0.598. The number of ether oxygens (including phenoxy) is 1. The number of nitrogens with zero attached hydrogens (tertiary/aromatic N) is 1. The highest BCUT2D eigenvalue weighted by Gasteiger charge is 2.10. The second kappa shape index (κ2) is 3.12. The highest BCUT2D eigenvalue weighted by atomic mass is 16.5. The fourth-order valence-corrected chi connectivity index (χ4v) is 0.608. The van der Waals surface area contributed by atoms with Gasteiger partial charge in [0.1, 0.15) is 12.0 Å². The Kier molecular flexibility index (Phi) is 2.17. The molecule has 0 aliphatic carbocycles. The fraction of sp³-hybridized carbons (Fsp3) is 0.333. The van der Waals surface area contributed by atoms with Gasteiger partial charge in [-0.2, -0.15) is 0 Å². The zero-order chi connectivity index (χ0) is 7.40. The number of carbonyl (C=O) groups excluding carboxylic acids is 1. The zero-order valence-electron chi connectivity index (χ0n) is 5.48. The lowest BCUT2D eigenvalue weighted by Crippen LogP contribution is -2.02. The molecule has 0 aliphatic rings. The van der Waals surface area contributed by atoms with Crippen LogP contribution in [0.15, 0.2) is 17.1 Å². The number of rotatable bonds is 3. The largest absolute Gasteiger partial charge is 0.451 e. The number of aldehydes is 1. The molecule has 0 aromatic carbocycles. The van der Waals surface area contributed by atoms with Crippen LogP contribution in [-0.4, -0.2) is 18.4 Å². The summed E-state index contributed by atoms with van der Waals surface area (Å²) >= 11 is 0. The molecule has 1 aromatic heterocycles. The average molecular weight is 141 g/mol. The third-order valence-electron chi connectivity index (χ3n) is 1.12. The maximum atomic E-state index is 10.2. The molecular weight excluding hydrogens is 134 g/mol. The second-order valence-electron chi connectivity index (χ2n) is 1.71. The van der Waals surface area contributed by atoms with Gasteiger partial charge < -0.3 is 9.15 Å². The van der Waals surface area contributed by atoms with Gasteiger partial charge >= 0.3 is 0 Å². The first-order chi connectivity index (χ1) is 4.88. The summed E-state index contributed by atoms with van der Waals surface area (Å²) in [6.45, 7) is 0. The lowest BCUT2D eigenvalue weighted by Gasteiger charge is -2.00. The molecule has 4 heteroatoms. The van der Waals surface area contributed by atoms with Gasteiger partial charge in [0.05, 0.1) is 0 Å². The van der Waals surface area contributed by atoms with Gasteiger partial charge in [-0.05, 0) is 0 Å². The van der Waals surface area contributed by atoms with E-state index in [0.29, 0.717) is 12.0 Å². The minimum absolute atomic E-state index is 0.498. The van der Waals surface area contributed by atoms with E-state index >= 15 is 0 Å². The molecular formula is C6H7NO3. The second-order valence-corrected chi connectivity index (χ2v) is 1.71. The van der Waals surface area contributed by atoms with Gasteiger partial charge in [-0.1, -0.05) is 0 Å². The molecule has 1 heterocycles. The highest BCUT2D eigenvalue weighted by Crippen LogP contribution is 2.09. The summed E-state index contributed by atoms with van der Waals surface area (Å²) in [6.07, 6.45) is 2.70. The van der Waals surface area contributed by atoms with E-state index in [1.54, 1.807) is 0 Å². The smallest absolute Gasteiger partial charge is 0.180 e. The lowest BCUT2D eigenvalue weighted by atomic mass is 10.3. The molecule has 1 aromatic rings. The van der Waals surface area contributed by atoms with E-state index in [1.165, 1.54) is 19.8 Å².